The number of anilines is 1. The van der Waals surface area contributed by atoms with Crippen molar-refractivity contribution >= 4 is 28.4 Å². The minimum absolute atomic E-state index is 0.386. The number of hydrogen-bond donors (Lipinski definition) is 1. The van der Waals surface area contributed by atoms with Crippen LogP contribution in [0.4, 0.5) is 5.82 Å². The lowest BCUT2D eigenvalue weighted by Gasteiger charge is -2.05. The van der Waals surface area contributed by atoms with Gasteiger partial charge in [-0.05, 0) is 12.5 Å². The Labute approximate surface area is 126 Å². The lowest BCUT2D eigenvalue weighted by atomic mass is 10.2. The number of halogens is 1. The summed E-state index contributed by atoms with van der Waals surface area (Å²) in [5.41, 5.74) is 7.86. The number of aromatic nitrogens is 3. The fourth-order valence-electron chi connectivity index (χ4n) is 1.79. The van der Waals surface area contributed by atoms with Gasteiger partial charge in [0.1, 0.15) is 5.82 Å². The molecule has 0 saturated heterocycles. The maximum absolute atomic E-state index is 6.02. The van der Waals surface area contributed by atoms with E-state index in [1.54, 1.807) is 24.1 Å². The van der Waals surface area contributed by atoms with Gasteiger partial charge < -0.3 is 10.5 Å². The van der Waals surface area contributed by atoms with E-state index in [9.17, 15) is 0 Å². The highest BCUT2D eigenvalue weighted by Crippen LogP contribution is 2.29. The number of hydrogen-bond acceptors (Lipinski definition) is 4. The highest BCUT2D eigenvalue weighted by molar-refractivity contribution is 14.1. The molecule has 0 saturated carbocycles. The SMILES string of the molecule is CCCC(I)c1cc(N)n(-c2ccc(OC)nc2)n1. The summed E-state index contributed by atoms with van der Waals surface area (Å²) in [6.07, 6.45) is 3.93. The fraction of sp³-hybridized carbons (Fsp3) is 0.385. The van der Waals surface area contributed by atoms with Crippen molar-refractivity contribution in [1.82, 2.24) is 14.8 Å². The van der Waals surface area contributed by atoms with Crippen molar-refractivity contribution in [2.45, 2.75) is 23.7 Å². The molecule has 2 aromatic rings. The van der Waals surface area contributed by atoms with Crippen molar-refractivity contribution in [3.8, 4) is 11.6 Å². The maximum Gasteiger partial charge on any atom is 0.213 e. The van der Waals surface area contributed by atoms with Crippen molar-refractivity contribution in [3.63, 3.8) is 0 Å². The van der Waals surface area contributed by atoms with Crippen LogP contribution in [-0.4, -0.2) is 21.9 Å². The zero-order chi connectivity index (χ0) is 13.8. The van der Waals surface area contributed by atoms with Crippen LogP contribution in [0.5, 0.6) is 5.88 Å². The molecule has 6 heteroatoms. The van der Waals surface area contributed by atoms with E-state index in [0.717, 1.165) is 24.2 Å². The van der Waals surface area contributed by atoms with Gasteiger partial charge in [-0.25, -0.2) is 9.67 Å². The number of ether oxygens (including phenoxy) is 1. The highest BCUT2D eigenvalue weighted by Gasteiger charge is 2.13. The maximum atomic E-state index is 6.02. The highest BCUT2D eigenvalue weighted by atomic mass is 127. The van der Waals surface area contributed by atoms with Crippen LogP contribution in [-0.2, 0) is 0 Å². The number of methoxy groups -OCH3 is 1. The van der Waals surface area contributed by atoms with E-state index >= 15 is 0 Å². The van der Waals surface area contributed by atoms with Crippen molar-refractivity contribution in [2.24, 2.45) is 0 Å². The molecule has 2 heterocycles. The summed E-state index contributed by atoms with van der Waals surface area (Å²) in [5, 5.41) is 4.56. The topological polar surface area (TPSA) is 66.0 Å². The molecule has 5 nitrogen and oxygen atoms in total. The van der Waals surface area contributed by atoms with Gasteiger partial charge in [0.15, 0.2) is 0 Å². The summed E-state index contributed by atoms with van der Waals surface area (Å²) in [4.78, 5) is 4.16. The van der Waals surface area contributed by atoms with Crippen molar-refractivity contribution < 1.29 is 4.74 Å². The van der Waals surface area contributed by atoms with Crippen LogP contribution in [0.15, 0.2) is 24.4 Å². The normalized spacial score (nSPS) is 12.4. The monoisotopic (exact) mass is 372 g/mol. The molecule has 0 radical (unpaired) electrons. The molecule has 0 aromatic carbocycles. The second kappa shape index (κ2) is 6.23. The van der Waals surface area contributed by atoms with Gasteiger partial charge in [-0.2, -0.15) is 5.10 Å². The molecule has 2 aromatic heterocycles. The third-order valence-corrected chi connectivity index (χ3v) is 4.05. The Morgan fingerprint density at radius 1 is 1.47 bits per heavy atom. The number of nitrogens with two attached hydrogens (primary N) is 1. The van der Waals surface area contributed by atoms with Gasteiger partial charge in [0.25, 0.3) is 0 Å². The van der Waals surface area contributed by atoms with Crippen LogP contribution in [0.3, 0.4) is 0 Å². The minimum atomic E-state index is 0.386. The second-order valence-electron chi connectivity index (χ2n) is 4.22. The predicted molar refractivity (Wildman–Crippen MR) is 84.0 cm³/mol. The van der Waals surface area contributed by atoms with E-state index in [2.05, 4.69) is 39.6 Å². The Balaban J connectivity index is 2.28. The van der Waals surface area contributed by atoms with Crippen LogP contribution in [0.2, 0.25) is 0 Å². The Kier molecular flexibility index (Phi) is 4.62. The Bertz CT molecular complexity index is 538. The van der Waals surface area contributed by atoms with E-state index in [-0.39, 0.29) is 0 Å². The molecule has 1 unspecified atom stereocenters. The molecular formula is C13H17IN4O. The first-order valence-electron chi connectivity index (χ1n) is 6.15. The summed E-state index contributed by atoms with van der Waals surface area (Å²) in [7, 11) is 1.59. The molecule has 0 amide bonds. The molecular weight excluding hydrogens is 355 g/mol. The molecule has 2 N–H and O–H groups in total. The minimum Gasteiger partial charge on any atom is -0.481 e. The van der Waals surface area contributed by atoms with Gasteiger partial charge >= 0.3 is 0 Å². The first-order valence-corrected chi connectivity index (χ1v) is 7.40. The summed E-state index contributed by atoms with van der Waals surface area (Å²) in [6.45, 7) is 2.17. The number of rotatable bonds is 5. The first kappa shape index (κ1) is 14.1. The number of alkyl halides is 1. The average Bonchev–Trinajstić information content (AvgIpc) is 2.81. The Hall–Kier alpha value is -1.31. The van der Waals surface area contributed by atoms with E-state index in [1.165, 1.54) is 0 Å². The molecule has 1 atom stereocenters. The van der Waals surface area contributed by atoms with Crippen LogP contribution in [0.25, 0.3) is 5.69 Å². The second-order valence-corrected chi connectivity index (χ2v) is 5.72. The van der Waals surface area contributed by atoms with Gasteiger partial charge in [0.2, 0.25) is 5.88 Å². The Morgan fingerprint density at radius 3 is 2.84 bits per heavy atom. The smallest absolute Gasteiger partial charge is 0.213 e. The zero-order valence-electron chi connectivity index (χ0n) is 11.0. The standard InChI is InChI=1S/C13H17IN4O/c1-3-4-10(14)11-7-12(15)18(17-11)9-5-6-13(19-2)16-8-9/h5-8,10H,3-4,15H2,1-2H3. The van der Waals surface area contributed by atoms with Gasteiger partial charge in [0, 0.05) is 12.1 Å². The van der Waals surface area contributed by atoms with E-state index < -0.39 is 0 Å². The summed E-state index contributed by atoms with van der Waals surface area (Å²) in [5.74, 6) is 1.20. The lowest BCUT2D eigenvalue weighted by molar-refractivity contribution is 0.397. The van der Waals surface area contributed by atoms with Crippen molar-refractivity contribution in [2.75, 3.05) is 12.8 Å². The molecule has 0 fully saturated rings. The third kappa shape index (κ3) is 3.17. The summed E-state index contributed by atoms with van der Waals surface area (Å²) >= 11 is 2.40. The van der Waals surface area contributed by atoms with Crippen LogP contribution < -0.4 is 10.5 Å². The van der Waals surface area contributed by atoms with Crippen LogP contribution in [0.1, 0.15) is 29.4 Å². The molecule has 0 spiro atoms. The molecule has 2 rings (SSSR count). The van der Waals surface area contributed by atoms with E-state index in [1.807, 2.05) is 12.1 Å². The Morgan fingerprint density at radius 2 is 2.26 bits per heavy atom. The number of pyridine rings is 1. The zero-order valence-corrected chi connectivity index (χ0v) is 13.2. The van der Waals surface area contributed by atoms with E-state index in [0.29, 0.717) is 15.6 Å². The van der Waals surface area contributed by atoms with Crippen molar-refractivity contribution in [3.05, 3.63) is 30.1 Å². The quantitative estimate of drug-likeness (QED) is 0.647. The molecule has 0 aliphatic rings. The first-order chi connectivity index (χ1) is 9.15. The predicted octanol–water partition coefficient (Wildman–Crippen LogP) is 3.13. The lowest BCUT2D eigenvalue weighted by Crippen LogP contribution is -2.03. The van der Waals surface area contributed by atoms with Gasteiger partial charge in [0.05, 0.1) is 28.6 Å². The number of nitrogens with zero attached hydrogens (tertiary/aromatic N) is 3. The molecule has 0 aliphatic heterocycles. The van der Waals surface area contributed by atoms with Gasteiger partial charge in [-0.1, -0.05) is 35.9 Å². The van der Waals surface area contributed by atoms with Gasteiger partial charge in [-0.3, -0.25) is 0 Å². The van der Waals surface area contributed by atoms with E-state index in [4.69, 9.17) is 10.5 Å². The molecule has 102 valence electrons. The third-order valence-electron chi connectivity index (χ3n) is 2.79. The largest absolute Gasteiger partial charge is 0.481 e. The molecule has 0 bridgehead atoms. The van der Waals surface area contributed by atoms with Crippen LogP contribution in [0, 0.1) is 0 Å². The summed E-state index contributed by atoms with van der Waals surface area (Å²) in [6, 6.07) is 5.61. The molecule has 0 aliphatic carbocycles. The van der Waals surface area contributed by atoms with Crippen molar-refractivity contribution in [1.29, 1.82) is 0 Å². The van der Waals surface area contributed by atoms with Gasteiger partial charge in [-0.15, -0.1) is 0 Å². The number of nitrogen functional groups attached to an aromatic ring is 1. The average molecular weight is 372 g/mol. The summed E-state index contributed by atoms with van der Waals surface area (Å²) < 4.78 is 7.14. The molecule has 19 heavy (non-hydrogen) atoms. The van der Waals surface area contributed by atoms with Crippen LogP contribution >= 0.6 is 22.6 Å². The fourth-order valence-corrected chi connectivity index (χ4v) is 2.72.